The van der Waals surface area contributed by atoms with Crippen LogP contribution in [0.2, 0.25) is 0 Å². The zero-order chi connectivity index (χ0) is 9.80. The molecular formula is C10H8N2OS. The third kappa shape index (κ3) is 1.85. The van der Waals surface area contributed by atoms with E-state index in [0.29, 0.717) is 11.1 Å². The van der Waals surface area contributed by atoms with Gasteiger partial charge in [-0.1, -0.05) is 24.8 Å². The minimum atomic E-state index is 0.513. The molecule has 70 valence electrons. The Kier molecular flexibility index (Phi) is 2.65. The fourth-order valence-electron chi connectivity index (χ4n) is 1.03. The van der Waals surface area contributed by atoms with Gasteiger partial charge in [0.1, 0.15) is 0 Å². The van der Waals surface area contributed by atoms with E-state index in [1.807, 2.05) is 30.3 Å². The van der Waals surface area contributed by atoms with Gasteiger partial charge in [-0.3, -0.25) is 0 Å². The molecule has 0 spiro atoms. The second kappa shape index (κ2) is 4.11. The maximum atomic E-state index is 5.38. The summed E-state index contributed by atoms with van der Waals surface area (Å²) in [6.07, 6.45) is 0. The van der Waals surface area contributed by atoms with Gasteiger partial charge in [0.05, 0.1) is 0 Å². The summed E-state index contributed by atoms with van der Waals surface area (Å²) in [7, 11) is 0. The van der Waals surface area contributed by atoms with Crippen molar-refractivity contribution in [2.75, 3.05) is 0 Å². The van der Waals surface area contributed by atoms with E-state index in [1.54, 1.807) is 5.41 Å². The monoisotopic (exact) mass is 204 g/mol. The highest BCUT2D eigenvalue weighted by Crippen LogP contribution is 2.22. The van der Waals surface area contributed by atoms with Crippen LogP contribution in [0.5, 0.6) is 0 Å². The lowest BCUT2D eigenvalue weighted by atomic mass is 10.2. The molecule has 0 saturated carbocycles. The highest BCUT2D eigenvalue weighted by atomic mass is 32.2. The third-order valence-corrected chi connectivity index (χ3v) is 2.14. The second-order valence-corrected chi connectivity index (χ2v) is 3.44. The molecule has 0 aliphatic rings. The summed E-state index contributed by atoms with van der Waals surface area (Å²) in [4.78, 5) is 0. The molecule has 0 saturated heterocycles. The highest BCUT2D eigenvalue weighted by Gasteiger charge is 2.06. The first-order valence-electron chi connectivity index (χ1n) is 4.06. The predicted octanol–water partition coefficient (Wildman–Crippen LogP) is 2.97. The van der Waals surface area contributed by atoms with E-state index in [2.05, 4.69) is 16.8 Å². The Bertz CT molecular complexity index is 425. The standard InChI is InChI=1S/C10H8N2OS/c1-2-14-10-12-11-9(13-10)8-6-4-3-5-7-8/h2-7H,1H2. The minimum Gasteiger partial charge on any atom is -0.411 e. The van der Waals surface area contributed by atoms with Crippen LogP contribution in [0.25, 0.3) is 11.5 Å². The lowest BCUT2D eigenvalue weighted by Crippen LogP contribution is -1.75. The second-order valence-electron chi connectivity index (χ2n) is 2.52. The molecule has 0 amide bonds. The minimum absolute atomic E-state index is 0.513. The van der Waals surface area contributed by atoms with Crippen LogP contribution in [-0.2, 0) is 0 Å². The molecule has 0 N–H and O–H groups in total. The quantitative estimate of drug-likeness (QED) is 0.720. The molecule has 0 bridgehead atoms. The lowest BCUT2D eigenvalue weighted by Gasteiger charge is -1.90. The number of rotatable bonds is 3. The molecule has 1 aromatic carbocycles. The van der Waals surface area contributed by atoms with Crippen LogP contribution in [-0.4, -0.2) is 10.2 Å². The lowest BCUT2D eigenvalue weighted by molar-refractivity contribution is 0.467. The Balaban J connectivity index is 2.29. The van der Waals surface area contributed by atoms with Crippen molar-refractivity contribution < 1.29 is 4.42 Å². The molecule has 0 fully saturated rings. The molecule has 14 heavy (non-hydrogen) atoms. The van der Waals surface area contributed by atoms with Crippen molar-refractivity contribution in [3.05, 3.63) is 42.3 Å². The fourth-order valence-corrected chi connectivity index (χ4v) is 1.38. The smallest absolute Gasteiger partial charge is 0.281 e. The maximum absolute atomic E-state index is 5.38. The first-order valence-corrected chi connectivity index (χ1v) is 4.94. The first-order chi connectivity index (χ1) is 6.90. The van der Waals surface area contributed by atoms with Gasteiger partial charge >= 0.3 is 0 Å². The van der Waals surface area contributed by atoms with Gasteiger partial charge in [0, 0.05) is 5.56 Å². The van der Waals surface area contributed by atoms with Gasteiger partial charge in [0.25, 0.3) is 5.22 Å². The van der Waals surface area contributed by atoms with Crippen molar-refractivity contribution >= 4 is 11.8 Å². The summed E-state index contributed by atoms with van der Waals surface area (Å²) in [6, 6.07) is 9.66. The molecule has 3 nitrogen and oxygen atoms in total. The van der Waals surface area contributed by atoms with Gasteiger partial charge in [-0.25, -0.2) is 0 Å². The molecule has 1 aromatic heterocycles. The van der Waals surface area contributed by atoms with Crippen molar-refractivity contribution in [3.8, 4) is 11.5 Å². The van der Waals surface area contributed by atoms with Crippen LogP contribution in [0.4, 0.5) is 0 Å². The van der Waals surface area contributed by atoms with E-state index in [1.165, 1.54) is 11.8 Å². The van der Waals surface area contributed by atoms with E-state index in [4.69, 9.17) is 4.42 Å². The molecule has 2 aromatic rings. The zero-order valence-corrected chi connectivity index (χ0v) is 8.20. The highest BCUT2D eigenvalue weighted by molar-refractivity contribution is 8.01. The van der Waals surface area contributed by atoms with Gasteiger partial charge in [0.15, 0.2) is 0 Å². The van der Waals surface area contributed by atoms with E-state index >= 15 is 0 Å². The van der Waals surface area contributed by atoms with E-state index in [0.717, 1.165) is 5.56 Å². The molecule has 4 heteroatoms. The number of nitrogens with zero attached hydrogens (tertiary/aromatic N) is 2. The van der Waals surface area contributed by atoms with Gasteiger partial charge in [-0.05, 0) is 29.3 Å². The third-order valence-electron chi connectivity index (χ3n) is 1.61. The summed E-state index contributed by atoms with van der Waals surface area (Å²) in [5, 5.41) is 9.94. The van der Waals surface area contributed by atoms with Gasteiger partial charge < -0.3 is 4.42 Å². The Labute approximate surface area is 85.9 Å². The van der Waals surface area contributed by atoms with Crippen LogP contribution >= 0.6 is 11.8 Å². The summed E-state index contributed by atoms with van der Waals surface area (Å²) >= 11 is 1.31. The van der Waals surface area contributed by atoms with Crippen molar-refractivity contribution in [1.29, 1.82) is 0 Å². The van der Waals surface area contributed by atoms with Crippen molar-refractivity contribution in [2.24, 2.45) is 0 Å². The summed E-state index contributed by atoms with van der Waals surface area (Å²) in [5.74, 6) is 0.537. The van der Waals surface area contributed by atoms with Crippen LogP contribution in [0, 0.1) is 0 Å². The van der Waals surface area contributed by atoms with Crippen molar-refractivity contribution in [3.63, 3.8) is 0 Å². The van der Waals surface area contributed by atoms with E-state index in [9.17, 15) is 0 Å². The number of hydrogen-bond donors (Lipinski definition) is 0. The zero-order valence-electron chi connectivity index (χ0n) is 7.38. The number of aromatic nitrogens is 2. The average Bonchev–Trinajstić information content (AvgIpc) is 2.68. The molecular weight excluding hydrogens is 196 g/mol. The SMILES string of the molecule is C=CSc1nnc(-c2ccccc2)o1. The average molecular weight is 204 g/mol. The number of hydrogen-bond acceptors (Lipinski definition) is 4. The number of benzene rings is 1. The summed E-state index contributed by atoms with van der Waals surface area (Å²) in [5.41, 5.74) is 0.927. The van der Waals surface area contributed by atoms with Crippen molar-refractivity contribution in [2.45, 2.75) is 5.22 Å². The Morgan fingerprint density at radius 3 is 2.71 bits per heavy atom. The molecule has 0 atom stereocenters. The summed E-state index contributed by atoms with van der Waals surface area (Å²) in [6.45, 7) is 3.57. The van der Waals surface area contributed by atoms with Gasteiger partial charge in [-0.15, -0.1) is 10.2 Å². The Morgan fingerprint density at radius 2 is 2.00 bits per heavy atom. The van der Waals surface area contributed by atoms with Gasteiger partial charge in [0.2, 0.25) is 5.89 Å². The van der Waals surface area contributed by atoms with Gasteiger partial charge in [-0.2, -0.15) is 0 Å². The van der Waals surface area contributed by atoms with Crippen LogP contribution in [0.15, 0.2) is 52.0 Å². The van der Waals surface area contributed by atoms with Crippen LogP contribution in [0.1, 0.15) is 0 Å². The molecule has 0 aliphatic carbocycles. The predicted molar refractivity (Wildman–Crippen MR) is 55.8 cm³/mol. The molecule has 2 rings (SSSR count). The fraction of sp³-hybridized carbons (Fsp3) is 0. The molecule has 1 heterocycles. The Morgan fingerprint density at radius 1 is 1.21 bits per heavy atom. The maximum Gasteiger partial charge on any atom is 0.281 e. The van der Waals surface area contributed by atoms with Crippen molar-refractivity contribution in [1.82, 2.24) is 10.2 Å². The largest absolute Gasteiger partial charge is 0.411 e. The summed E-state index contributed by atoms with van der Waals surface area (Å²) < 4.78 is 5.38. The van der Waals surface area contributed by atoms with E-state index < -0.39 is 0 Å². The first kappa shape index (κ1) is 9.02. The molecule has 0 unspecified atom stereocenters. The molecule has 0 radical (unpaired) electrons. The molecule has 0 aliphatic heterocycles. The number of thioether (sulfide) groups is 1. The topological polar surface area (TPSA) is 38.9 Å². The van der Waals surface area contributed by atoms with E-state index in [-0.39, 0.29) is 0 Å². The normalized spacial score (nSPS) is 10.0. The Hall–Kier alpha value is -1.55. The van der Waals surface area contributed by atoms with Crippen LogP contribution < -0.4 is 0 Å². The van der Waals surface area contributed by atoms with Crippen LogP contribution in [0.3, 0.4) is 0 Å².